The zero-order chi connectivity index (χ0) is 15.5. The van der Waals surface area contributed by atoms with Crippen LogP contribution in [0.4, 0.5) is 4.79 Å². The second kappa shape index (κ2) is 5.77. The van der Waals surface area contributed by atoms with Gasteiger partial charge in [-0.3, -0.25) is 0 Å². The fraction of sp³-hybridized carbons (Fsp3) is 0.529. The van der Waals surface area contributed by atoms with Gasteiger partial charge in [0.2, 0.25) is 6.54 Å². The minimum Gasteiger partial charge on any atom is -0.444 e. The van der Waals surface area contributed by atoms with Crippen molar-refractivity contribution in [1.29, 1.82) is 0 Å². The van der Waals surface area contributed by atoms with Crippen LogP contribution < -0.4 is 0 Å². The Balaban J connectivity index is 1.98. The highest BCUT2D eigenvalue weighted by molar-refractivity contribution is 5.69. The SMILES string of the molecule is [C-]#[N+]CC1(Cc2ccccc2)CN(C(=O)OC(C)(C)C)C1. The molecule has 4 nitrogen and oxygen atoms in total. The second-order valence-electron chi connectivity index (χ2n) is 6.82. The third-order valence-electron chi connectivity index (χ3n) is 3.54. The summed E-state index contributed by atoms with van der Waals surface area (Å²) in [6.07, 6.45) is 0.548. The van der Waals surface area contributed by atoms with E-state index in [2.05, 4.69) is 17.0 Å². The van der Waals surface area contributed by atoms with Gasteiger partial charge >= 0.3 is 6.09 Å². The molecule has 1 saturated heterocycles. The summed E-state index contributed by atoms with van der Waals surface area (Å²) in [5.74, 6) is 0. The van der Waals surface area contributed by atoms with Gasteiger partial charge < -0.3 is 14.5 Å². The summed E-state index contributed by atoms with van der Waals surface area (Å²) in [7, 11) is 0. The first-order chi connectivity index (χ1) is 9.84. The summed E-state index contributed by atoms with van der Waals surface area (Å²) in [4.78, 5) is 17.3. The highest BCUT2D eigenvalue weighted by Crippen LogP contribution is 2.35. The molecule has 21 heavy (non-hydrogen) atoms. The van der Waals surface area contributed by atoms with Crippen molar-refractivity contribution in [3.05, 3.63) is 47.3 Å². The molecule has 1 aromatic carbocycles. The molecule has 0 aromatic heterocycles. The van der Waals surface area contributed by atoms with E-state index in [1.165, 1.54) is 5.56 Å². The molecule has 1 fully saturated rings. The van der Waals surface area contributed by atoms with E-state index in [0.717, 1.165) is 6.42 Å². The van der Waals surface area contributed by atoms with Gasteiger partial charge in [-0.05, 0) is 32.8 Å². The highest BCUT2D eigenvalue weighted by Gasteiger charge is 2.49. The van der Waals surface area contributed by atoms with Gasteiger partial charge in [-0.25, -0.2) is 11.4 Å². The Morgan fingerprint density at radius 1 is 1.33 bits per heavy atom. The van der Waals surface area contributed by atoms with Gasteiger partial charge in [0, 0.05) is 13.1 Å². The standard InChI is InChI=1S/C17H22N2O2/c1-16(2,3)21-15(20)19-12-17(13-19,11-18-4)10-14-8-6-5-7-9-14/h5-9H,10-13H2,1-3H3. The van der Waals surface area contributed by atoms with Gasteiger partial charge in [-0.2, -0.15) is 0 Å². The molecule has 0 radical (unpaired) electrons. The van der Waals surface area contributed by atoms with Crippen molar-refractivity contribution in [3.8, 4) is 0 Å². The van der Waals surface area contributed by atoms with E-state index in [4.69, 9.17) is 11.3 Å². The molecule has 0 unspecified atom stereocenters. The normalized spacial score (nSPS) is 16.8. The van der Waals surface area contributed by atoms with E-state index in [-0.39, 0.29) is 11.5 Å². The lowest BCUT2D eigenvalue weighted by molar-refractivity contribution is -0.0285. The van der Waals surface area contributed by atoms with Crippen molar-refractivity contribution in [3.63, 3.8) is 0 Å². The third-order valence-corrected chi connectivity index (χ3v) is 3.54. The van der Waals surface area contributed by atoms with E-state index in [1.807, 2.05) is 39.0 Å². The van der Waals surface area contributed by atoms with Crippen LogP contribution in [-0.2, 0) is 11.2 Å². The maximum atomic E-state index is 12.0. The molecule has 0 atom stereocenters. The summed E-state index contributed by atoms with van der Waals surface area (Å²) in [5.41, 5.74) is 0.610. The summed E-state index contributed by atoms with van der Waals surface area (Å²) in [5, 5.41) is 0. The molecule has 1 heterocycles. The Bertz CT molecular complexity index is 534. The predicted molar refractivity (Wildman–Crippen MR) is 81.9 cm³/mol. The van der Waals surface area contributed by atoms with Gasteiger partial charge in [0.25, 0.3) is 0 Å². The smallest absolute Gasteiger partial charge is 0.410 e. The monoisotopic (exact) mass is 286 g/mol. The Kier molecular flexibility index (Phi) is 4.22. The van der Waals surface area contributed by atoms with E-state index < -0.39 is 5.60 Å². The zero-order valence-electron chi connectivity index (χ0n) is 12.9. The molecule has 0 saturated carbocycles. The van der Waals surface area contributed by atoms with Crippen molar-refractivity contribution >= 4 is 6.09 Å². The molecule has 0 N–H and O–H groups in total. The number of amides is 1. The van der Waals surface area contributed by atoms with Crippen molar-refractivity contribution in [2.24, 2.45) is 5.41 Å². The van der Waals surface area contributed by atoms with E-state index in [0.29, 0.717) is 19.6 Å². The average molecular weight is 286 g/mol. The Hall–Kier alpha value is -2.02. The number of benzene rings is 1. The largest absolute Gasteiger partial charge is 0.444 e. The van der Waals surface area contributed by atoms with E-state index >= 15 is 0 Å². The quantitative estimate of drug-likeness (QED) is 0.798. The lowest BCUT2D eigenvalue weighted by atomic mass is 9.75. The van der Waals surface area contributed by atoms with Crippen LogP contribution in [0.2, 0.25) is 0 Å². The van der Waals surface area contributed by atoms with Gasteiger partial charge in [0.05, 0.1) is 5.41 Å². The Morgan fingerprint density at radius 2 is 1.95 bits per heavy atom. The van der Waals surface area contributed by atoms with Crippen LogP contribution in [0.25, 0.3) is 4.85 Å². The topological polar surface area (TPSA) is 33.9 Å². The van der Waals surface area contributed by atoms with Crippen LogP contribution >= 0.6 is 0 Å². The lowest BCUT2D eigenvalue weighted by Gasteiger charge is -2.47. The molecule has 1 amide bonds. The minimum atomic E-state index is -0.478. The zero-order valence-corrected chi connectivity index (χ0v) is 12.9. The Morgan fingerprint density at radius 3 is 2.48 bits per heavy atom. The van der Waals surface area contributed by atoms with Crippen molar-refractivity contribution in [1.82, 2.24) is 4.90 Å². The lowest BCUT2D eigenvalue weighted by Crippen LogP contribution is -2.61. The summed E-state index contributed by atoms with van der Waals surface area (Å²) >= 11 is 0. The molecule has 1 aliphatic rings. The van der Waals surface area contributed by atoms with Crippen LogP contribution in [0.1, 0.15) is 26.3 Å². The summed E-state index contributed by atoms with van der Waals surface area (Å²) in [6.45, 7) is 14.4. The number of hydrogen-bond acceptors (Lipinski definition) is 2. The molecular weight excluding hydrogens is 264 g/mol. The third kappa shape index (κ3) is 3.98. The molecule has 1 aliphatic heterocycles. The summed E-state index contributed by atoms with van der Waals surface area (Å²) in [6, 6.07) is 10.1. The fourth-order valence-electron chi connectivity index (χ4n) is 2.68. The maximum absolute atomic E-state index is 12.0. The summed E-state index contributed by atoms with van der Waals surface area (Å²) < 4.78 is 5.37. The first kappa shape index (κ1) is 15.4. The molecule has 2 rings (SSSR count). The second-order valence-corrected chi connectivity index (χ2v) is 6.82. The molecule has 0 bridgehead atoms. The molecule has 1 aromatic rings. The molecule has 0 spiro atoms. The first-order valence-corrected chi connectivity index (χ1v) is 7.19. The number of carbonyl (C=O) groups is 1. The van der Waals surface area contributed by atoms with Crippen molar-refractivity contribution < 1.29 is 9.53 Å². The Labute approximate surface area is 126 Å². The molecule has 0 aliphatic carbocycles. The number of likely N-dealkylation sites (tertiary alicyclic amines) is 1. The molecule has 4 heteroatoms. The van der Waals surface area contributed by atoms with Gasteiger partial charge in [0.1, 0.15) is 5.60 Å². The number of hydrogen-bond donors (Lipinski definition) is 0. The van der Waals surface area contributed by atoms with Crippen molar-refractivity contribution in [2.75, 3.05) is 19.6 Å². The van der Waals surface area contributed by atoms with Crippen LogP contribution in [0.5, 0.6) is 0 Å². The molecular formula is C17H22N2O2. The predicted octanol–water partition coefficient (Wildman–Crippen LogP) is 3.39. The van der Waals surface area contributed by atoms with E-state index in [1.54, 1.807) is 4.90 Å². The molecule has 112 valence electrons. The average Bonchev–Trinajstić information content (AvgIpc) is 2.34. The highest BCUT2D eigenvalue weighted by atomic mass is 16.6. The van der Waals surface area contributed by atoms with Gasteiger partial charge in [-0.15, -0.1) is 0 Å². The number of ether oxygens (including phenoxy) is 1. The minimum absolute atomic E-state index is 0.125. The fourth-order valence-corrected chi connectivity index (χ4v) is 2.68. The van der Waals surface area contributed by atoms with Crippen molar-refractivity contribution in [2.45, 2.75) is 32.8 Å². The van der Waals surface area contributed by atoms with Crippen LogP contribution in [0.3, 0.4) is 0 Å². The van der Waals surface area contributed by atoms with Crippen LogP contribution in [-0.4, -0.2) is 36.2 Å². The number of carbonyl (C=O) groups excluding carboxylic acids is 1. The van der Waals surface area contributed by atoms with E-state index in [9.17, 15) is 4.79 Å². The van der Waals surface area contributed by atoms with Gasteiger partial charge in [0.15, 0.2) is 0 Å². The maximum Gasteiger partial charge on any atom is 0.410 e. The number of nitrogens with zero attached hydrogens (tertiary/aromatic N) is 2. The van der Waals surface area contributed by atoms with Crippen LogP contribution in [0, 0.1) is 12.0 Å². The van der Waals surface area contributed by atoms with Gasteiger partial charge in [-0.1, -0.05) is 30.3 Å². The van der Waals surface area contributed by atoms with Crippen LogP contribution in [0.15, 0.2) is 30.3 Å². The number of rotatable bonds is 3. The first-order valence-electron chi connectivity index (χ1n) is 7.19.